The molecule has 4 aromatic rings. The summed E-state index contributed by atoms with van der Waals surface area (Å²) in [7, 11) is 1.85. The summed E-state index contributed by atoms with van der Waals surface area (Å²) in [5.74, 6) is -0.612. The summed E-state index contributed by atoms with van der Waals surface area (Å²) in [6, 6.07) is 8.81. The van der Waals surface area contributed by atoms with Gasteiger partial charge >= 0.3 is 6.18 Å². The number of alkyl halides is 3. The summed E-state index contributed by atoms with van der Waals surface area (Å²) in [4.78, 5) is 15.2. The van der Waals surface area contributed by atoms with Gasteiger partial charge in [-0.05, 0) is 81.2 Å². The van der Waals surface area contributed by atoms with Gasteiger partial charge in [-0.3, -0.25) is 14.4 Å². The number of likely N-dealkylation sites (tertiary alicyclic amines) is 1. The molecule has 0 spiro atoms. The fourth-order valence-electron chi connectivity index (χ4n) is 4.67. The smallest absolute Gasteiger partial charge is 0.322 e. The number of nitrogens with one attached hydrogen (secondary N) is 1. The molecular weight excluding hydrogens is 495 g/mol. The highest BCUT2D eigenvalue weighted by Gasteiger charge is 2.32. The van der Waals surface area contributed by atoms with E-state index in [1.54, 1.807) is 33.9 Å². The summed E-state index contributed by atoms with van der Waals surface area (Å²) in [6.45, 7) is 5.90. The van der Waals surface area contributed by atoms with Gasteiger partial charge in [0.25, 0.3) is 5.91 Å². The Morgan fingerprint density at radius 1 is 1.08 bits per heavy atom. The molecule has 8 nitrogen and oxygen atoms in total. The lowest BCUT2D eigenvalue weighted by molar-refractivity contribution is -0.137. The van der Waals surface area contributed by atoms with Gasteiger partial charge in [0.15, 0.2) is 0 Å². The summed E-state index contributed by atoms with van der Waals surface area (Å²) < 4.78 is 44.2. The maximum atomic E-state index is 13.6. The van der Waals surface area contributed by atoms with E-state index in [2.05, 4.69) is 25.6 Å². The van der Waals surface area contributed by atoms with Gasteiger partial charge in [0.1, 0.15) is 5.69 Å². The van der Waals surface area contributed by atoms with Crippen molar-refractivity contribution >= 4 is 11.6 Å². The third kappa shape index (κ3) is 5.33. The van der Waals surface area contributed by atoms with Crippen molar-refractivity contribution in [3.63, 3.8) is 0 Å². The number of nitrogens with zero attached hydrogens (tertiary/aromatic N) is 6. The molecule has 0 atom stereocenters. The fourth-order valence-corrected chi connectivity index (χ4v) is 4.67. The topological polar surface area (TPSA) is 80.9 Å². The highest BCUT2D eigenvalue weighted by Crippen LogP contribution is 2.32. The van der Waals surface area contributed by atoms with E-state index in [9.17, 15) is 18.0 Å². The lowest BCUT2D eigenvalue weighted by Gasteiger charge is -2.17. The SMILES string of the molecule is Cc1ccc(NC(=O)c2cc(CN3CCCC3)cc(C(F)(F)F)c2)cc1-n1cc(-c2cnn(C)c2C)nn1. The first-order chi connectivity index (χ1) is 18.1. The summed E-state index contributed by atoms with van der Waals surface area (Å²) in [6.07, 6.45) is 0.995. The predicted octanol–water partition coefficient (Wildman–Crippen LogP) is 5.15. The molecule has 1 amide bonds. The van der Waals surface area contributed by atoms with Gasteiger partial charge in [0, 0.05) is 36.1 Å². The van der Waals surface area contributed by atoms with Crippen LogP contribution >= 0.6 is 0 Å². The number of benzene rings is 2. The molecule has 3 heterocycles. The minimum atomic E-state index is -4.55. The van der Waals surface area contributed by atoms with E-state index in [0.717, 1.165) is 54.9 Å². The fraction of sp³-hybridized carbons (Fsp3) is 0.333. The standard InChI is InChI=1S/C27H28F3N7O/c1-17-6-7-22(13-25(17)37-16-24(33-34-37)23-14-31-35(3)18(23)2)32-26(38)20-10-19(15-36-8-4-5-9-36)11-21(12-20)27(28,29)30/h6-7,10-14,16H,4-5,8-9,15H2,1-3H3,(H,32,38). The molecule has 0 saturated carbocycles. The Hall–Kier alpha value is -3.99. The molecule has 1 aliphatic heterocycles. The molecule has 0 unspecified atom stereocenters. The number of aromatic nitrogens is 5. The molecule has 1 aliphatic rings. The highest BCUT2D eigenvalue weighted by molar-refractivity contribution is 6.04. The predicted molar refractivity (Wildman–Crippen MR) is 137 cm³/mol. The van der Waals surface area contributed by atoms with Crippen LogP contribution in [0.15, 0.2) is 48.8 Å². The van der Waals surface area contributed by atoms with Crippen LogP contribution in [0, 0.1) is 13.8 Å². The Bertz CT molecular complexity index is 1480. The molecular formula is C27H28F3N7O. The van der Waals surface area contributed by atoms with Crippen LogP contribution in [0.25, 0.3) is 16.9 Å². The van der Waals surface area contributed by atoms with Crippen molar-refractivity contribution in [2.24, 2.45) is 7.05 Å². The molecule has 1 saturated heterocycles. The van der Waals surface area contributed by atoms with Crippen molar-refractivity contribution in [1.29, 1.82) is 0 Å². The number of halogens is 3. The minimum absolute atomic E-state index is 0.0359. The Kier molecular flexibility index (Phi) is 6.78. The Balaban J connectivity index is 1.40. The van der Waals surface area contributed by atoms with Crippen molar-refractivity contribution in [3.05, 3.63) is 76.7 Å². The first-order valence-corrected chi connectivity index (χ1v) is 12.4. The Labute approximate surface area is 218 Å². The number of amides is 1. The zero-order valence-electron chi connectivity index (χ0n) is 21.4. The van der Waals surface area contributed by atoms with E-state index in [-0.39, 0.29) is 5.56 Å². The van der Waals surface area contributed by atoms with Gasteiger partial charge in [-0.15, -0.1) is 5.10 Å². The van der Waals surface area contributed by atoms with E-state index in [1.807, 2.05) is 27.0 Å². The molecule has 1 fully saturated rings. The maximum Gasteiger partial charge on any atom is 0.416 e. The van der Waals surface area contributed by atoms with Crippen molar-refractivity contribution < 1.29 is 18.0 Å². The van der Waals surface area contributed by atoms with E-state index in [0.29, 0.717) is 29.2 Å². The molecule has 0 radical (unpaired) electrons. The molecule has 5 rings (SSSR count). The lowest BCUT2D eigenvalue weighted by atomic mass is 10.0. The van der Waals surface area contributed by atoms with Crippen LogP contribution in [0.5, 0.6) is 0 Å². The monoisotopic (exact) mass is 523 g/mol. The normalized spacial score (nSPS) is 14.3. The molecule has 11 heteroatoms. The first-order valence-electron chi connectivity index (χ1n) is 12.4. The average molecular weight is 524 g/mol. The van der Waals surface area contributed by atoms with Crippen LogP contribution in [0.1, 0.15) is 45.6 Å². The number of aryl methyl sites for hydroxylation is 2. The van der Waals surface area contributed by atoms with Gasteiger partial charge < -0.3 is 5.32 Å². The van der Waals surface area contributed by atoms with Gasteiger partial charge in [0.2, 0.25) is 0 Å². The number of carbonyl (C=O) groups excluding carboxylic acids is 1. The number of hydrogen-bond donors (Lipinski definition) is 1. The minimum Gasteiger partial charge on any atom is -0.322 e. The molecule has 0 bridgehead atoms. The van der Waals surface area contributed by atoms with Gasteiger partial charge in [-0.2, -0.15) is 18.3 Å². The van der Waals surface area contributed by atoms with Crippen LogP contribution in [-0.4, -0.2) is 48.7 Å². The second kappa shape index (κ2) is 10.1. The summed E-state index contributed by atoms with van der Waals surface area (Å²) >= 11 is 0. The molecule has 2 aromatic carbocycles. The number of rotatable bonds is 6. The van der Waals surface area contributed by atoms with Gasteiger partial charge in [0.05, 0.1) is 23.6 Å². The quantitative estimate of drug-likeness (QED) is 0.378. The summed E-state index contributed by atoms with van der Waals surface area (Å²) in [5, 5.41) is 15.5. The van der Waals surface area contributed by atoms with E-state index >= 15 is 0 Å². The Morgan fingerprint density at radius 3 is 2.53 bits per heavy atom. The molecule has 1 N–H and O–H groups in total. The molecule has 2 aromatic heterocycles. The van der Waals surface area contributed by atoms with E-state index in [1.165, 1.54) is 6.07 Å². The largest absolute Gasteiger partial charge is 0.416 e. The summed E-state index contributed by atoms with van der Waals surface area (Å²) in [5.41, 5.74) is 4.06. The first kappa shape index (κ1) is 25.7. The zero-order valence-corrected chi connectivity index (χ0v) is 21.4. The number of hydrogen-bond acceptors (Lipinski definition) is 5. The van der Waals surface area contributed by atoms with Crippen LogP contribution < -0.4 is 5.32 Å². The highest BCUT2D eigenvalue weighted by atomic mass is 19.4. The van der Waals surface area contributed by atoms with Gasteiger partial charge in [-0.1, -0.05) is 11.3 Å². The molecule has 198 valence electrons. The lowest BCUT2D eigenvalue weighted by Crippen LogP contribution is -2.20. The third-order valence-electron chi connectivity index (χ3n) is 6.91. The number of carbonyl (C=O) groups is 1. The molecule has 38 heavy (non-hydrogen) atoms. The van der Waals surface area contributed by atoms with Crippen molar-refractivity contribution in [3.8, 4) is 16.9 Å². The maximum absolute atomic E-state index is 13.6. The average Bonchev–Trinajstić information content (AvgIpc) is 3.63. The van der Waals surface area contributed by atoms with Gasteiger partial charge in [-0.25, -0.2) is 4.68 Å². The zero-order chi connectivity index (χ0) is 27.0. The second-order valence-corrected chi connectivity index (χ2v) is 9.67. The van der Waals surface area contributed by atoms with E-state index < -0.39 is 17.6 Å². The number of anilines is 1. The van der Waals surface area contributed by atoms with Crippen molar-refractivity contribution in [1.82, 2.24) is 29.7 Å². The van der Waals surface area contributed by atoms with E-state index in [4.69, 9.17) is 0 Å². The Morgan fingerprint density at radius 2 is 1.84 bits per heavy atom. The van der Waals surface area contributed by atoms with Crippen molar-refractivity contribution in [2.75, 3.05) is 18.4 Å². The second-order valence-electron chi connectivity index (χ2n) is 9.67. The van der Waals surface area contributed by atoms with Crippen LogP contribution in [0.2, 0.25) is 0 Å². The van der Waals surface area contributed by atoms with Crippen LogP contribution in [-0.2, 0) is 19.8 Å². The molecule has 0 aliphatic carbocycles. The van der Waals surface area contributed by atoms with Crippen LogP contribution in [0.4, 0.5) is 18.9 Å². The third-order valence-corrected chi connectivity index (χ3v) is 6.91. The van der Waals surface area contributed by atoms with Crippen LogP contribution in [0.3, 0.4) is 0 Å². The van der Waals surface area contributed by atoms with Crippen molar-refractivity contribution in [2.45, 2.75) is 39.4 Å².